The fourth-order valence-corrected chi connectivity index (χ4v) is 10.3. The van der Waals surface area contributed by atoms with Crippen LogP contribution >= 0.6 is 0 Å². The van der Waals surface area contributed by atoms with Gasteiger partial charge in [-0.05, 0) is 108 Å². The Balaban J connectivity index is 1.17. The average Bonchev–Trinajstić information content (AvgIpc) is 3.66. The number of benzene rings is 9. The van der Waals surface area contributed by atoms with Gasteiger partial charge in [0.15, 0.2) is 0 Å². The lowest BCUT2D eigenvalue weighted by Gasteiger charge is -2.31. The van der Waals surface area contributed by atoms with Gasteiger partial charge in [-0.15, -0.1) is 0 Å². The molecule has 0 saturated carbocycles. The lowest BCUT2D eigenvalue weighted by molar-refractivity contribution is 0.660. The quantitative estimate of drug-likeness (QED) is 0.163. The van der Waals surface area contributed by atoms with Crippen molar-refractivity contribution in [1.82, 2.24) is 0 Å². The van der Waals surface area contributed by atoms with Crippen molar-refractivity contribution in [3.8, 4) is 55.6 Å². The lowest BCUT2D eigenvalue weighted by Crippen LogP contribution is -2.16. The first-order chi connectivity index (χ1) is 28.8. The number of anilines is 3. The molecule has 0 fully saturated rings. The first kappa shape index (κ1) is 35.2. The van der Waals surface area contributed by atoms with Gasteiger partial charge in [-0.3, -0.25) is 0 Å². The standard InChI is InChI=1S/C58H45N/c1-57(2)51-28-16-14-24-46(51)49-37-41(31-34-52(49)57)59(55-29-17-26-43(38-18-7-5-8-19-38)56(55)39-20-9-6-10-21-39)54-35-33-42(44-22-11-12-25-48(44)54)40-30-32-47-45-23-13-15-27-50(45)58(3,4)53(47)36-40/h5-37H,1-4H3. The minimum Gasteiger partial charge on any atom is -0.309 e. The molecule has 0 bridgehead atoms. The Bertz CT molecular complexity index is 3100. The molecule has 2 aliphatic carbocycles. The van der Waals surface area contributed by atoms with Crippen molar-refractivity contribution in [2.75, 3.05) is 4.90 Å². The van der Waals surface area contributed by atoms with Crippen LogP contribution in [0.4, 0.5) is 17.1 Å². The summed E-state index contributed by atoms with van der Waals surface area (Å²) in [5.74, 6) is 0. The molecule has 282 valence electrons. The van der Waals surface area contributed by atoms with Gasteiger partial charge in [-0.2, -0.15) is 0 Å². The predicted molar refractivity (Wildman–Crippen MR) is 250 cm³/mol. The largest absolute Gasteiger partial charge is 0.309 e. The molecule has 0 heterocycles. The fraction of sp³-hybridized carbons (Fsp3) is 0.103. The monoisotopic (exact) mass is 755 g/mol. The molecule has 9 aromatic rings. The van der Waals surface area contributed by atoms with Gasteiger partial charge in [0.25, 0.3) is 0 Å². The molecule has 0 amide bonds. The average molecular weight is 756 g/mol. The highest BCUT2D eigenvalue weighted by Crippen LogP contribution is 2.54. The highest BCUT2D eigenvalue weighted by atomic mass is 15.1. The highest BCUT2D eigenvalue weighted by molar-refractivity contribution is 6.08. The van der Waals surface area contributed by atoms with Crippen LogP contribution in [-0.2, 0) is 10.8 Å². The molecule has 0 N–H and O–H groups in total. The van der Waals surface area contributed by atoms with E-state index in [-0.39, 0.29) is 10.8 Å². The first-order valence-electron chi connectivity index (χ1n) is 20.9. The maximum atomic E-state index is 2.53. The number of fused-ring (bicyclic) bond motifs is 7. The maximum absolute atomic E-state index is 2.53. The van der Waals surface area contributed by atoms with E-state index in [9.17, 15) is 0 Å². The fourth-order valence-electron chi connectivity index (χ4n) is 10.3. The lowest BCUT2D eigenvalue weighted by atomic mass is 9.81. The van der Waals surface area contributed by atoms with Gasteiger partial charge in [0.2, 0.25) is 0 Å². The Morgan fingerprint density at radius 3 is 1.58 bits per heavy atom. The molecule has 11 rings (SSSR count). The molecule has 59 heavy (non-hydrogen) atoms. The third-order valence-electron chi connectivity index (χ3n) is 13.3. The summed E-state index contributed by atoms with van der Waals surface area (Å²) in [6, 6.07) is 74.4. The summed E-state index contributed by atoms with van der Waals surface area (Å²) in [5.41, 5.74) is 21.4. The minimum absolute atomic E-state index is 0.0765. The maximum Gasteiger partial charge on any atom is 0.0546 e. The zero-order valence-electron chi connectivity index (χ0n) is 34.0. The summed E-state index contributed by atoms with van der Waals surface area (Å²) in [5, 5.41) is 2.44. The van der Waals surface area contributed by atoms with Crippen molar-refractivity contribution < 1.29 is 0 Å². The Labute approximate surface area is 347 Å². The summed E-state index contributed by atoms with van der Waals surface area (Å²) in [4.78, 5) is 2.53. The summed E-state index contributed by atoms with van der Waals surface area (Å²) >= 11 is 0. The Morgan fingerprint density at radius 2 is 0.847 bits per heavy atom. The van der Waals surface area contributed by atoms with Crippen molar-refractivity contribution in [3.63, 3.8) is 0 Å². The van der Waals surface area contributed by atoms with E-state index in [1.807, 2.05) is 0 Å². The minimum atomic E-state index is -0.0855. The molecule has 9 aromatic carbocycles. The van der Waals surface area contributed by atoms with Crippen LogP contribution in [0, 0.1) is 0 Å². The van der Waals surface area contributed by atoms with Crippen LogP contribution < -0.4 is 4.90 Å². The Morgan fingerprint density at radius 1 is 0.305 bits per heavy atom. The Hall–Kier alpha value is -6.96. The number of hydrogen-bond donors (Lipinski definition) is 0. The van der Waals surface area contributed by atoms with Gasteiger partial charge in [0, 0.05) is 27.5 Å². The van der Waals surface area contributed by atoms with Gasteiger partial charge in [0.05, 0.1) is 11.4 Å². The van der Waals surface area contributed by atoms with E-state index >= 15 is 0 Å². The van der Waals surface area contributed by atoms with Crippen LogP contribution in [0.25, 0.3) is 66.4 Å². The number of nitrogens with zero attached hydrogens (tertiary/aromatic N) is 1. The normalized spacial score (nSPS) is 14.0. The zero-order chi connectivity index (χ0) is 39.9. The second-order valence-corrected chi connectivity index (χ2v) is 17.3. The zero-order valence-corrected chi connectivity index (χ0v) is 34.0. The van der Waals surface area contributed by atoms with Crippen molar-refractivity contribution in [2.45, 2.75) is 38.5 Å². The van der Waals surface area contributed by atoms with Gasteiger partial charge < -0.3 is 4.90 Å². The SMILES string of the molecule is CC1(C)c2ccccc2-c2cc(N(c3cccc(-c4ccccc4)c3-c3ccccc3)c3ccc(-c4ccc5c(c4)C(C)(C)c4ccccc4-5)c4ccccc34)ccc21. The van der Waals surface area contributed by atoms with Crippen LogP contribution in [0.2, 0.25) is 0 Å². The van der Waals surface area contributed by atoms with Gasteiger partial charge in [-0.1, -0.05) is 198 Å². The van der Waals surface area contributed by atoms with E-state index in [2.05, 4.69) is 233 Å². The van der Waals surface area contributed by atoms with Crippen LogP contribution in [-0.4, -0.2) is 0 Å². The molecule has 2 aliphatic rings. The molecule has 0 spiro atoms. The van der Waals surface area contributed by atoms with E-state index in [1.165, 1.54) is 88.7 Å². The molecule has 0 atom stereocenters. The molecule has 1 heteroatoms. The molecule has 0 aromatic heterocycles. The second kappa shape index (κ2) is 13.3. The molecular weight excluding hydrogens is 711 g/mol. The summed E-state index contributed by atoms with van der Waals surface area (Å²) in [6.45, 7) is 9.45. The highest BCUT2D eigenvalue weighted by Gasteiger charge is 2.37. The van der Waals surface area contributed by atoms with Crippen LogP contribution in [0.1, 0.15) is 49.9 Å². The summed E-state index contributed by atoms with van der Waals surface area (Å²) in [7, 11) is 0. The number of rotatable bonds is 6. The van der Waals surface area contributed by atoms with E-state index in [0.29, 0.717) is 0 Å². The molecule has 0 aliphatic heterocycles. The van der Waals surface area contributed by atoms with Crippen molar-refractivity contribution in [1.29, 1.82) is 0 Å². The van der Waals surface area contributed by atoms with Crippen molar-refractivity contribution in [2.24, 2.45) is 0 Å². The van der Waals surface area contributed by atoms with E-state index in [4.69, 9.17) is 0 Å². The van der Waals surface area contributed by atoms with E-state index in [0.717, 1.165) is 17.1 Å². The molecular formula is C58H45N. The smallest absolute Gasteiger partial charge is 0.0546 e. The van der Waals surface area contributed by atoms with Crippen LogP contribution in [0.15, 0.2) is 200 Å². The van der Waals surface area contributed by atoms with Gasteiger partial charge in [-0.25, -0.2) is 0 Å². The molecule has 0 unspecified atom stereocenters. The van der Waals surface area contributed by atoms with E-state index < -0.39 is 0 Å². The van der Waals surface area contributed by atoms with Crippen LogP contribution in [0.3, 0.4) is 0 Å². The number of hydrogen-bond acceptors (Lipinski definition) is 1. The Kier molecular flexibility index (Phi) is 7.94. The predicted octanol–water partition coefficient (Wildman–Crippen LogP) is 15.9. The van der Waals surface area contributed by atoms with Gasteiger partial charge in [0.1, 0.15) is 0 Å². The van der Waals surface area contributed by atoms with Crippen molar-refractivity contribution >= 4 is 27.8 Å². The first-order valence-corrected chi connectivity index (χ1v) is 20.9. The van der Waals surface area contributed by atoms with E-state index in [1.54, 1.807) is 0 Å². The third-order valence-corrected chi connectivity index (χ3v) is 13.3. The second-order valence-electron chi connectivity index (χ2n) is 17.3. The van der Waals surface area contributed by atoms with Gasteiger partial charge >= 0.3 is 0 Å². The summed E-state index contributed by atoms with van der Waals surface area (Å²) in [6.07, 6.45) is 0. The molecule has 1 nitrogen and oxygen atoms in total. The molecule has 0 saturated heterocycles. The summed E-state index contributed by atoms with van der Waals surface area (Å²) < 4.78 is 0. The van der Waals surface area contributed by atoms with Crippen LogP contribution in [0.5, 0.6) is 0 Å². The topological polar surface area (TPSA) is 3.24 Å². The third kappa shape index (κ3) is 5.38. The van der Waals surface area contributed by atoms with Crippen molar-refractivity contribution in [3.05, 3.63) is 222 Å². The molecule has 0 radical (unpaired) electrons.